The molecular weight excluding hydrogens is 436 g/mol. The average molecular weight is 467 g/mol. The molecule has 33 heavy (non-hydrogen) atoms. The van der Waals surface area contributed by atoms with Gasteiger partial charge in [-0.3, -0.25) is 4.79 Å². The predicted molar refractivity (Wildman–Crippen MR) is 131 cm³/mol. The van der Waals surface area contributed by atoms with E-state index in [1.165, 1.54) is 13.5 Å². The molecule has 6 heteroatoms. The molecule has 1 aliphatic carbocycles. The SMILES string of the molecule is COC(=O)C1=C(C)N(C2CCCCC2)C(=O)/C1=C\c1cc(C)n(-c2ccc(C)c(Cl)c2)c1C. The number of allylic oxidation sites excluding steroid dienone is 1. The number of halogens is 1. The third-order valence-corrected chi connectivity index (χ3v) is 7.36. The van der Waals surface area contributed by atoms with Crippen LogP contribution in [-0.4, -0.2) is 34.5 Å². The lowest BCUT2D eigenvalue weighted by Gasteiger charge is -2.32. The summed E-state index contributed by atoms with van der Waals surface area (Å²) in [4.78, 5) is 28.1. The molecule has 0 radical (unpaired) electrons. The zero-order chi connectivity index (χ0) is 23.9. The van der Waals surface area contributed by atoms with Gasteiger partial charge in [0.15, 0.2) is 0 Å². The van der Waals surface area contributed by atoms with Crippen molar-refractivity contribution in [3.8, 4) is 5.69 Å². The highest BCUT2D eigenvalue weighted by atomic mass is 35.5. The number of amides is 1. The fourth-order valence-electron chi connectivity index (χ4n) is 5.18. The average Bonchev–Trinajstić information content (AvgIpc) is 3.21. The quantitative estimate of drug-likeness (QED) is 0.406. The lowest BCUT2D eigenvalue weighted by Crippen LogP contribution is -2.37. The third kappa shape index (κ3) is 4.15. The number of methoxy groups -OCH3 is 1. The highest BCUT2D eigenvalue weighted by Gasteiger charge is 2.40. The van der Waals surface area contributed by atoms with E-state index in [-0.39, 0.29) is 11.9 Å². The molecule has 2 aromatic rings. The van der Waals surface area contributed by atoms with Crippen LogP contribution in [0.4, 0.5) is 0 Å². The van der Waals surface area contributed by atoms with E-state index in [4.69, 9.17) is 16.3 Å². The normalized spacial score (nSPS) is 18.5. The molecule has 0 saturated heterocycles. The second-order valence-electron chi connectivity index (χ2n) is 9.07. The van der Waals surface area contributed by atoms with Gasteiger partial charge in [-0.1, -0.05) is 36.9 Å². The minimum atomic E-state index is -0.468. The smallest absolute Gasteiger partial charge is 0.340 e. The van der Waals surface area contributed by atoms with E-state index in [1.807, 2.05) is 62.9 Å². The first-order valence-corrected chi connectivity index (χ1v) is 11.9. The van der Waals surface area contributed by atoms with Crippen molar-refractivity contribution in [2.75, 3.05) is 7.11 Å². The van der Waals surface area contributed by atoms with Crippen LogP contribution in [0.2, 0.25) is 5.02 Å². The fourth-order valence-corrected chi connectivity index (χ4v) is 5.36. The highest BCUT2D eigenvalue weighted by molar-refractivity contribution is 6.31. The molecule has 0 spiro atoms. The fraction of sp³-hybridized carbons (Fsp3) is 0.407. The largest absolute Gasteiger partial charge is 0.465 e. The second kappa shape index (κ2) is 9.22. The Bertz CT molecular complexity index is 1180. The molecule has 1 saturated carbocycles. The van der Waals surface area contributed by atoms with Crippen molar-refractivity contribution in [2.45, 2.75) is 65.8 Å². The highest BCUT2D eigenvalue weighted by Crippen LogP contribution is 2.37. The van der Waals surface area contributed by atoms with Crippen molar-refractivity contribution in [1.82, 2.24) is 9.47 Å². The molecule has 1 aromatic carbocycles. The summed E-state index contributed by atoms with van der Waals surface area (Å²) in [5.41, 5.74) is 6.36. The van der Waals surface area contributed by atoms with Gasteiger partial charge in [0, 0.05) is 33.8 Å². The minimum absolute atomic E-state index is 0.108. The van der Waals surface area contributed by atoms with Gasteiger partial charge in [0.05, 0.1) is 18.3 Å². The van der Waals surface area contributed by atoms with Crippen molar-refractivity contribution in [2.24, 2.45) is 0 Å². The number of aryl methyl sites for hydroxylation is 2. The van der Waals surface area contributed by atoms with Gasteiger partial charge in [0.25, 0.3) is 5.91 Å². The lowest BCUT2D eigenvalue weighted by molar-refractivity contribution is -0.136. The summed E-state index contributed by atoms with van der Waals surface area (Å²) in [6.45, 7) is 7.87. The predicted octanol–water partition coefficient (Wildman–Crippen LogP) is 6.06. The molecule has 5 nitrogen and oxygen atoms in total. The van der Waals surface area contributed by atoms with Crippen LogP contribution in [0, 0.1) is 20.8 Å². The monoisotopic (exact) mass is 466 g/mol. The summed E-state index contributed by atoms with van der Waals surface area (Å²) in [6.07, 6.45) is 7.18. The van der Waals surface area contributed by atoms with E-state index in [1.54, 1.807) is 0 Å². The number of aromatic nitrogens is 1. The van der Waals surface area contributed by atoms with Crippen LogP contribution < -0.4 is 0 Å². The Morgan fingerprint density at radius 3 is 2.42 bits per heavy atom. The van der Waals surface area contributed by atoms with E-state index in [2.05, 4.69) is 4.57 Å². The molecule has 1 fully saturated rings. The Hall–Kier alpha value is -2.79. The van der Waals surface area contributed by atoms with E-state index < -0.39 is 5.97 Å². The number of rotatable bonds is 4. The van der Waals surface area contributed by atoms with Crippen LogP contribution in [0.25, 0.3) is 11.8 Å². The summed E-state index contributed by atoms with van der Waals surface area (Å²) >= 11 is 6.37. The molecule has 2 heterocycles. The van der Waals surface area contributed by atoms with Gasteiger partial charge >= 0.3 is 5.97 Å². The molecule has 2 aliphatic rings. The minimum Gasteiger partial charge on any atom is -0.465 e. The van der Waals surface area contributed by atoms with E-state index >= 15 is 0 Å². The van der Waals surface area contributed by atoms with Gasteiger partial charge in [-0.2, -0.15) is 0 Å². The molecule has 1 amide bonds. The van der Waals surface area contributed by atoms with Crippen LogP contribution in [-0.2, 0) is 14.3 Å². The zero-order valence-corrected chi connectivity index (χ0v) is 20.8. The maximum Gasteiger partial charge on any atom is 0.340 e. The van der Waals surface area contributed by atoms with Gasteiger partial charge in [-0.05, 0) is 75.9 Å². The summed E-state index contributed by atoms with van der Waals surface area (Å²) < 4.78 is 7.19. The van der Waals surface area contributed by atoms with Crippen LogP contribution in [0.15, 0.2) is 41.1 Å². The van der Waals surface area contributed by atoms with Crippen LogP contribution in [0.5, 0.6) is 0 Å². The van der Waals surface area contributed by atoms with Crippen molar-refractivity contribution in [1.29, 1.82) is 0 Å². The van der Waals surface area contributed by atoms with Crippen molar-refractivity contribution >= 4 is 29.6 Å². The number of hydrogen-bond donors (Lipinski definition) is 0. The summed E-state index contributed by atoms with van der Waals surface area (Å²) in [5.74, 6) is -0.576. The van der Waals surface area contributed by atoms with Gasteiger partial charge in [-0.25, -0.2) is 4.79 Å². The number of esters is 1. The number of ether oxygens (including phenoxy) is 1. The Labute approximate surface area is 200 Å². The summed E-state index contributed by atoms with van der Waals surface area (Å²) in [7, 11) is 1.36. The first-order valence-electron chi connectivity index (χ1n) is 11.5. The van der Waals surface area contributed by atoms with E-state index in [0.29, 0.717) is 21.9 Å². The first kappa shape index (κ1) is 23.4. The molecule has 1 aliphatic heterocycles. The molecule has 174 valence electrons. The molecular formula is C27H31ClN2O3. The van der Waals surface area contributed by atoms with Crippen molar-refractivity contribution in [3.05, 3.63) is 68.6 Å². The van der Waals surface area contributed by atoms with Crippen molar-refractivity contribution < 1.29 is 14.3 Å². The number of carbonyl (C=O) groups excluding carboxylic acids is 2. The molecule has 0 unspecified atom stereocenters. The van der Waals surface area contributed by atoms with Crippen LogP contribution in [0.3, 0.4) is 0 Å². The topological polar surface area (TPSA) is 51.5 Å². The molecule has 0 atom stereocenters. The molecule has 0 N–H and O–H groups in total. The standard InChI is InChI=1S/C27H31ClN2O3/c1-16-11-12-22(15-24(16)28)29-17(2)13-20(18(29)3)14-23-25(27(32)33-5)19(4)30(26(23)31)21-9-7-6-8-10-21/h11-15,21H,6-10H2,1-5H3/b23-14-. The summed E-state index contributed by atoms with van der Waals surface area (Å²) in [5, 5.41) is 0.709. The Kier molecular flexibility index (Phi) is 6.53. The van der Waals surface area contributed by atoms with Gasteiger partial charge < -0.3 is 14.2 Å². The maximum absolute atomic E-state index is 13.6. The molecule has 0 bridgehead atoms. The number of nitrogens with zero attached hydrogens (tertiary/aromatic N) is 2. The molecule has 1 aromatic heterocycles. The number of carbonyl (C=O) groups is 2. The molecule has 4 rings (SSSR count). The maximum atomic E-state index is 13.6. The first-order chi connectivity index (χ1) is 15.7. The third-order valence-electron chi connectivity index (χ3n) is 6.95. The van der Waals surface area contributed by atoms with Crippen LogP contribution in [0.1, 0.15) is 61.5 Å². The zero-order valence-electron chi connectivity index (χ0n) is 20.0. The van der Waals surface area contributed by atoms with Gasteiger partial charge in [0.2, 0.25) is 0 Å². The lowest BCUT2D eigenvalue weighted by atomic mass is 9.94. The second-order valence-corrected chi connectivity index (χ2v) is 9.48. The van der Waals surface area contributed by atoms with Crippen molar-refractivity contribution in [3.63, 3.8) is 0 Å². The Morgan fingerprint density at radius 2 is 1.79 bits per heavy atom. The number of benzene rings is 1. The summed E-state index contributed by atoms with van der Waals surface area (Å²) in [6, 6.07) is 8.16. The Balaban J connectivity index is 1.79. The van der Waals surface area contributed by atoms with Gasteiger partial charge in [-0.15, -0.1) is 0 Å². The van der Waals surface area contributed by atoms with E-state index in [0.717, 1.165) is 53.9 Å². The Morgan fingerprint density at radius 1 is 1.09 bits per heavy atom. The van der Waals surface area contributed by atoms with E-state index in [9.17, 15) is 9.59 Å². The van der Waals surface area contributed by atoms with Gasteiger partial charge in [0.1, 0.15) is 0 Å². The number of hydrogen-bond acceptors (Lipinski definition) is 3. The van der Waals surface area contributed by atoms with Crippen LogP contribution >= 0.6 is 11.6 Å².